The number of nitrogens with zero attached hydrogens (tertiary/aromatic N) is 3. The molecule has 6 nitrogen and oxygen atoms in total. The van der Waals surface area contributed by atoms with Crippen molar-refractivity contribution >= 4 is 39.2 Å². The van der Waals surface area contributed by atoms with Crippen molar-refractivity contribution in [3.05, 3.63) is 46.0 Å². The van der Waals surface area contributed by atoms with Crippen LogP contribution < -0.4 is 9.62 Å². The second-order valence-corrected chi connectivity index (χ2v) is 9.07. The number of sulfonamides is 1. The Morgan fingerprint density at radius 2 is 1.81 bits per heavy atom. The Balaban J connectivity index is 1.58. The lowest BCUT2D eigenvalue weighted by molar-refractivity contribution is 0.398. The molecule has 0 radical (unpaired) electrons. The van der Waals surface area contributed by atoms with Crippen LogP contribution in [0.1, 0.15) is 18.4 Å². The van der Waals surface area contributed by atoms with Crippen LogP contribution in [0.5, 0.6) is 0 Å². The third-order valence-corrected chi connectivity index (χ3v) is 6.86. The van der Waals surface area contributed by atoms with Crippen LogP contribution >= 0.6 is 23.2 Å². The third-order valence-electron chi connectivity index (χ3n) is 4.57. The largest absolute Gasteiger partial charge is 0.341 e. The van der Waals surface area contributed by atoms with Gasteiger partial charge >= 0.3 is 0 Å². The quantitative estimate of drug-likeness (QED) is 0.782. The smallest absolute Gasteiger partial charge is 0.242 e. The van der Waals surface area contributed by atoms with Gasteiger partial charge in [-0.25, -0.2) is 27.5 Å². The summed E-state index contributed by atoms with van der Waals surface area (Å²) < 4.78 is 40.7. The number of hydrogen-bond acceptors (Lipinski definition) is 5. The summed E-state index contributed by atoms with van der Waals surface area (Å²) in [4.78, 5) is 9.95. The Labute approximate surface area is 167 Å². The molecule has 0 spiro atoms. The van der Waals surface area contributed by atoms with Crippen LogP contribution in [-0.4, -0.2) is 38.0 Å². The van der Waals surface area contributed by atoms with Crippen molar-refractivity contribution in [1.29, 1.82) is 0 Å². The van der Waals surface area contributed by atoms with E-state index in [4.69, 9.17) is 23.2 Å². The minimum Gasteiger partial charge on any atom is -0.341 e. The van der Waals surface area contributed by atoms with Crippen molar-refractivity contribution in [2.24, 2.45) is 5.92 Å². The van der Waals surface area contributed by atoms with Gasteiger partial charge in [0, 0.05) is 24.7 Å². The molecular weight excluding hydrogens is 414 g/mol. The van der Waals surface area contributed by atoms with Gasteiger partial charge in [-0.3, -0.25) is 0 Å². The van der Waals surface area contributed by atoms with E-state index in [-0.39, 0.29) is 15.8 Å². The molecule has 0 atom stereocenters. The zero-order valence-electron chi connectivity index (χ0n) is 14.6. The number of halogens is 3. The minimum absolute atomic E-state index is 0.0308. The summed E-state index contributed by atoms with van der Waals surface area (Å²) in [5.74, 6) is 0.196. The van der Waals surface area contributed by atoms with E-state index in [1.54, 1.807) is 6.92 Å². The maximum Gasteiger partial charge on any atom is 0.242 e. The van der Waals surface area contributed by atoms with E-state index in [0.29, 0.717) is 36.2 Å². The van der Waals surface area contributed by atoms with Crippen molar-refractivity contribution in [3.63, 3.8) is 0 Å². The molecule has 1 N–H and O–H groups in total. The number of nitrogens with one attached hydrogen (secondary N) is 1. The number of rotatable bonds is 5. The summed E-state index contributed by atoms with van der Waals surface area (Å²) in [6, 6.07) is 2.91. The lowest BCUT2D eigenvalue weighted by Gasteiger charge is -2.31. The van der Waals surface area contributed by atoms with E-state index in [2.05, 4.69) is 14.7 Å². The Morgan fingerprint density at radius 3 is 2.44 bits per heavy atom. The molecule has 1 fully saturated rings. The van der Waals surface area contributed by atoms with E-state index in [1.807, 2.05) is 4.90 Å². The Kier molecular flexibility index (Phi) is 6.20. The minimum atomic E-state index is -3.72. The van der Waals surface area contributed by atoms with Gasteiger partial charge in [0.25, 0.3) is 0 Å². The first kappa shape index (κ1) is 20.3. The van der Waals surface area contributed by atoms with Crippen LogP contribution in [0.2, 0.25) is 10.0 Å². The molecule has 0 unspecified atom stereocenters. The van der Waals surface area contributed by atoms with Gasteiger partial charge < -0.3 is 4.90 Å². The molecule has 3 rings (SSSR count). The zero-order valence-corrected chi connectivity index (χ0v) is 17.0. The molecule has 2 heterocycles. The Morgan fingerprint density at radius 1 is 1.19 bits per heavy atom. The molecule has 10 heteroatoms. The molecule has 0 amide bonds. The average Bonchev–Trinajstić information content (AvgIpc) is 2.64. The highest BCUT2D eigenvalue weighted by atomic mass is 35.5. The molecule has 1 aliphatic rings. The molecule has 1 aliphatic heterocycles. The summed E-state index contributed by atoms with van der Waals surface area (Å²) in [6.45, 7) is 3.40. The predicted molar refractivity (Wildman–Crippen MR) is 103 cm³/mol. The first-order valence-corrected chi connectivity index (χ1v) is 10.7. The lowest BCUT2D eigenvalue weighted by Crippen LogP contribution is -2.39. The summed E-state index contributed by atoms with van der Waals surface area (Å²) in [5, 5.41) is 0.524. The van der Waals surface area contributed by atoms with Crippen molar-refractivity contribution in [2.45, 2.75) is 24.7 Å². The maximum atomic E-state index is 12.9. The van der Waals surface area contributed by atoms with E-state index in [1.165, 1.54) is 12.1 Å². The van der Waals surface area contributed by atoms with Crippen molar-refractivity contribution in [3.8, 4) is 0 Å². The highest BCUT2D eigenvalue weighted by Crippen LogP contribution is 2.28. The van der Waals surface area contributed by atoms with Crippen molar-refractivity contribution < 1.29 is 12.8 Å². The highest BCUT2D eigenvalue weighted by Gasteiger charge is 2.24. The molecule has 146 valence electrons. The normalized spacial score (nSPS) is 15.9. The molecule has 1 aromatic carbocycles. The van der Waals surface area contributed by atoms with Crippen LogP contribution in [0.4, 0.5) is 10.3 Å². The average molecular weight is 433 g/mol. The number of piperidine rings is 1. The predicted octanol–water partition coefficient (Wildman–Crippen LogP) is 3.43. The fourth-order valence-corrected chi connectivity index (χ4v) is 4.89. The lowest BCUT2D eigenvalue weighted by atomic mass is 9.97. The third kappa shape index (κ3) is 4.87. The number of aryl methyl sites for hydroxylation is 1. The molecule has 27 heavy (non-hydrogen) atoms. The maximum absolute atomic E-state index is 12.9. The fourth-order valence-electron chi connectivity index (χ4n) is 2.95. The van der Waals surface area contributed by atoms with Gasteiger partial charge in [0.05, 0.1) is 17.4 Å². The summed E-state index contributed by atoms with van der Waals surface area (Å²) in [6.07, 6.45) is 3.83. The second kappa shape index (κ2) is 8.26. The highest BCUT2D eigenvalue weighted by molar-refractivity contribution is 7.89. The van der Waals surface area contributed by atoms with Gasteiger partial charge in [0.1, 0.15) is 4.90 Å². The summed E-state index contributed by atoms with van der Waals surface area (Å²) >= 11 is 12.0. The molecular formula is C17H19Cl2FN4O2S. The molecule has 1 saturated heterocycles. The zero-order chi connectivity index (χ0) is 19.6. The van der Waals surface area contributed by atoms with Gasteiger partial charge in [-0.2, -0.15) is 0 Å². The number of hydrogen-bond donors (Lipinski definition) is 1. The monoisotopic (exact) mass is 432 g/mol. The van der Waals surface area contributed by atoms with Crippen molar-refractivity contribution in [1.82, 2.24) is 14.7 Å². The molecule has 0 saturated carbocycles. The summed E-state index contributed by atoms with van der Waals surface area (Å²) in [5.41, 5.74) is 0.647. The van der Waals surface area contributed by atoms with Gasteiger partial charge in [0.15, 0.2) is 5.82 Å². The Bertz CT molecular complexity index is 917. The number of benzene rings is 1. The standard InChI is InChI=1S/C17H19Cl2FN4O2S/c1-11-6-16(15(19)7-14(11)18)27(25,26)23-8-12-2-4-24(5-3-12)17-21-9-13(20)10-22-17/h6-7,9-10,12,23H,2-5,8H2,1H3. The Hall–Kier alpha value is -1.48. The van der Waals surface area contributed by atoms with Gasteiger partial charge in [0.2, 0.25) is 16.0 Å². The van der Waals surface area contributed by atoms with Crippen LogP contribution in [-0.2, 0) is 10.0 Å². The van der Waals surface area contributed by atoms with Gasteiger partial charge in [-0.05, 0) is 43.4 Å². The van der Waals surface area contributed by atoms with Crippen LogP contribution in [0.3, 0.4) is 0 Å². The first-order chi connectivity index (χ1) is 12.8. The number of aromatic nitrogens is 2. The van der Waals surface area contributed by atoms with Crippen LogP contribution in [0.15, 0.2) is 29.4 Å². The SMILES string of the molecule is Cc1cc(S(=O)(=O)NCC2CCN(c3ncc(F)cn3)CC2)c(Cl)cc1Cl. The van der Waals surface area contributed by atoms with Gasteiger partial charge in [-0.1, -0.05) is 23.2 Å². The summed E-state index contributed by atoms with van der Waals surface area (Å²) in [7, 11) is -3.72. The van der Waals surface area contributed by atoms with E-state index < -0.39 is 15.8 Å². The van der Waals surface area contributed by atoms with Crippen LogP contribution in [0.25, 0.3) is 0 Å². The molecule has 0 aliphatic carbocycles. The van der Waals surface area contributed by atoms with Crippen LogP contribution in [0, 0.1) is 18.7 Å². The topological polar surface area (TPSA) is 75.2 Å². The van der Waals surface area contributed by atoms with E-state index in [0.717, 1.165) is 25.2 Å². The second-order valence-electron chi connectivity index (χ2n) is 6.52. The molecule has 2 aromatic rings. The van der Waals surface area contributed by atoms with Gasteiger partial charge in [-0.15, -0.1) is 0 Å². The van der Waals surface area contributed by atoms with E-state index in [9.17, 15) is 12.8 Å². The fraction of sp³-hybridized carbons (Fsp3) is 0.412. The first-order valence-electron chi connectivity index (χ1n) is 8.44. The van der Waals surface area contributed by atoms with E-state index >= 15 is 0 Å². The molecule has 1 aromatic heterocycles. The van der Waals surface area contributed by atoms with Crippen molar-refractivity contribution in [2.75, 3.05) is 24.5 Å². The number of anilines is 1. The molecule has 0 bridgehead atoms.